The maximum absolute atomic E-state index is 13.9. The summed E-state index contributed by atoms with van der Waals surface area (Å²) >= 11 is 6.36. The maximum Gasteiger partial charge on any atom is 0.304 e. The second-order valence-electron chi connectivity index (χ2n) is 8.18. The molecule has 4 aromatic rings. The van der Waals surface area contributed by atoms with Gasteiger partial charge in [-0.25, -0.2) is 8.96 Å². The zero-order valence-corrected chi connectivity index (χ0v) is 20.4. The van der Waals surface area contributed by atoms with Crippen LogP contribution in [0.25, 0.3) is 16.6 Å². The molecule has 0 aliphatic heterocycles. The molecule has 0 saturated carbocycles. The number of fused-ring (bicyclic) bond motifs is 1. The Morgan fingerprint density at radius 2 is 1.86 bits per heavy atom. The Bertz CT molecular complexity index is 1390. The van der Waals surface area contributed by atoms with E-state index in [0.717, 1.165) is 31.3 Å². The molecule has 0 aliphatic rings. The number of aromatic nitrogens is 2. The van der Waals surface area contributed by atoms with Gasteiger partial charge in [-0.15, -0.1) is 0 Å². The van der Waals surface area contributed by atoms with Crippen molar-refractivity contribution in [2.75, 3.05) is 19.7 Å². The van der Waals surface area contributed by atoms with E-state index in [9.17, 15) is 14.3 Å². The minimum Gasteiger partial charge on any atom is -0.461 e. The molecule has 0 aliphatic carbocycles. The van der Waals surface area contributed by atoms with Crippen LogP contribution in [0.1, 0.15) is 31.1 Å². The number of aliphatic hydroxyl groups is 1. The third-order valence-corrected chi connectivity index (χ3v) is 6.22. The predicted octanol–water partition coefficient (Wildman–Crippen LogP) is 5.13. The van der Waals surface area contributed by atoms with Crippen molar-refractivity contribution >= 4 is 22.5 Å². The molecule has 1 unspecified atom stereocenters. The first kappa shape index (κ1) is 24.9. The molecular weight excluding hydrogens is 469 g/mol. The summed E-state index contributed by atoms with van der Waals surface area (Å²) in [5, 5.41) is 11.3. The molecule has 35 heavy (non-hydrogen) atoms. The summed E-state index contributed by atoms with van der Waals surface area (Å²) in [5.74, 6) is -0.546. The van der Waals surface area contributed by atoms with Gasteiger partial charge in [0.1, 0.15) is 18.5 Å². The Kier molecular flexibility index (Phi) is 7.80. The van der Waals surface area contributed by atoms with E-state index in [1.54, 1.807) is 24.3 Å². The minimum atomic E-state index is -0.952. The monoisotopic (exact) mass is 495 g/mol. The van der Waals surface area contributed by atoms with Gasteiger partial charge < -0.3 is 9.84 Å². The van der Waals surface area contributed by atoms with Crippen LogP contribution in [0, 0.1) is 5.82 Å². The van der Waals surface area contributed by atoms with E-state index in [0.29, 0.717) is 16.3 Å². The standard InChI is InChI=1S/C27H27ClFN3O3/c1-3-31(4-2)16-18-8-7-9-19(14-18)25(33)17-35-27-30-23-13-12-20(29)15-21(23)26(34)32(27)24-11-6-5-10-22(24)28/h5-15,25,33H,3-4,16-17H2,1-2H3. The number of halogens is 2. The fourth-order valence-electron chi connectivity index (χ4n) is 3.93. The van der Waals surface area contributed by atoms with Crippen LogP contribution in [-0.4, -0.2) is 39.3 Å². The maximum atomic E-state index is 13.9. The van der Waals surface area contributed by atoms with E-state index in [4.69, 9.17) is 16.3 Å². The first-order valence-electron chi connectivity index (χ1n) is 11.5. The summed E-state index contributed by atoms with van der Waals surface area (Å²) in [6.45, 7) is 6.73. The molecule has 0 radical (unpaired) electrons. The summed E-state index contributed by atoms with van der Waals surface area (Å²) in [4.78, 5) is 20.0. The average Bonchev–Trinajstić information content (AvgIpc) is 2.87. The van der Waals surface area contributed by atoms with E-state index < -0.39 is 17.5 Å². The van der Waals surface area contributed by atoms with Crippen LogP contribution in [0.2, 0.25) is 5.02 Å². The molecule has 1 atom stereocenters. The van der Waals surface area contributed by atoms with E-state index in [-0.39, 0.29) is 23.5 Å². The van der Waals surface area contributed by atoms with Gasteiger partial charge in [0.15, 0.2) is 0 Å². The highest BCUT2D eigenvalue weighted by atomic mass is 35.5. The predicted molar refractivity (Wildman–Crippen MR) is 136 cm³/mol. The molecule has 8 heteroatoms. The van der Waals surface area contributed by atoms with Crippen molar-refractivity contribution in [3.8, 4) is 11.7 Å². The van der Waals surface area contributed by atoms with Crippen LogP contribution in [0.15, 0.2) is 71.5 Å². The fraction of sp³-hybridized carbons (Fsp3) is 0.259. The van der Waals surface area contributed by atoms with Crippen LogP contribution >= 0.6 is 11.6 Å². The normalized spacial score (nSPS) is 12.3. The molecule has 6 nitrogen and oxygen atoms in total. The van der Waals surface area contributed by atoms with Crippen LogP contribution in [0.4, 0.5) is 4.39 Å². The smallest absolute Gasteiger partial charge is 0.304 e. The van der Waals surface area contributed by atoms with E-state index in [2.05, 4.69) is 23.7 Å². The number of hydrogen-bond donors (Lipinski definition) is 1. The molecule has 1 aromatic heterocycles. The van der Waals surface area contributed by atoms with Crippen molar-refractivity contribution in [2.45, 2.75) is 26.5 Å². The van der Waals surface area contributed by atoms with Crippen molar-refractivity contribution in [3.63, 3.8) is 0 Å². The molecule has 3 aromatic carbocycles. The Balaban J connectivity index is 1.67. The number of benzene rings is 3. The zero-order chi connectivity index (χ0) is 24.9. The molecule has 0 amide bonds. The van der Waals surface area contributed by atoms with Crippen LogP contribution in [-0.2, 0) is 6.54 Å². The Labute approximate surface area is 208 Å². The first-order chi connectivity index (χ1) is 16.9. The van der Waals surface area contributed by atoms with Crippen molar-refractivity contribution in [2.24, 2.45) is 0 Å². The number of aliphatic hydroxyl groups excluding tert-OH is 1. The van der Waals surface area contributed by atoms with Gasteiger partial charge in [0.2, 0.25) is 0 Å². The van der Waals surface area contributed by atoms with Crippen molar-refractivity contribution in [3.05, 3.63) is 99.1 Å². The molecule has 4 rings (SSSR count). The summed E-state index contributed by atoms with van der Waals surface area (Å²) in [6, 6.07) is 18.2. The van der Waals surface area contributed by atoms with Crippen molar-refractivity contribution in [1.29, 1.82) is 0 Å². The summed E-state index contributed by atoms with van der Waals surface area (Å²) in [6.07, 6.45) is -0.952. The lowest BCUT2D eigenvalue weighted by molar-refractivity contribution is 0.101. The fourth-order valence-corrected chi connectivity index (χ4v) is 4.15. The molecule has 0 fully saturated rings. The first-order valence-corrected chi connectivity index (χ1v) is 11.9. The zero-order valence-electron chi connectivity index (χ0n) is 19.6. The van der Waals surface area contributed by atoms with E-state index in [1.165, 1.54) is 16.7 Å². The SMILES string of the molecule is CCN(CC)Cc1cccc(C(O)COc2nc3ccc(F)cc3c(=O)n2-c2ccccc2Cl)c1. The van der Waals surface area contributed by atoms with Crippen LogP contribution in [0.5, 0.6) is 6.01 Å². The number of hydrogen-bond acceptors (Lipinski definition) is 5. The third kappa shape index (κ3) is 5.53. The lowest BCUT2D eigenvalue weighted by atomic mass is 10.1. The average molecular weight is 496 g/mol. The van der Waals surface area contributed by atoms with Gasteiger partial charge in [-0.2, -0.15) is 4.98 Å². The Hall–Kier alpha value is -3.26. The van der Waals surface area contributed by atoms with Gasteiger partial charge in [-0.3, -0.25) is 9.69 Å². The van der Waals surface area contributed by atoms with Crippen LogP contribution in [0.3, 0.4) is 0 Å². The van der Waals surface area contributed by atoms with Gasteiger partial charge in [-0.05, 0) is 54.5 Å². The number of nitrogens with zero attached hydrogens (tertiary/aromatic N) is 3. The molecule has 1 N–H and O–H groups in total. The molecule has 0 bridgehead atoms. The minimum absolute atomic E-state index is 0.0412. The van der Waals surface area contributed by atoms with Gasteiger partial charge in [0, 0.05) is 6.54 Å². The summed E-state index contributed by atoms with van der Waals surface area (Å²) < 4.78 is 20.9. The van der Waals surface area contributed by atoms with Crippen molar-refractivity contribution in [1.82, 2.24) is 14.5 Å². The summed E-state index contributed by atoms with van der Waals surface area (Å²) in [7, 11) is 0. The third-order valence-electron chi connectivity index (χ3n) is 5.90. The highest BCUT2D eigenvalue weighted by Gasteiger charge is 2.18. The second-order valence-corrected chi connectivity index (χ2v) is 8.59. The number of ether oxygens (including phenoxy) is 1. The quantitative estimate of drug-likeness (QED) is 0.348. The molecule has 0 saturated heterocycles. The topological polar surface area (TPSA) is 67.6 Å². The van der Waals surface area contributed by atoms with Gasteiger partial charge in [0.25, 0.3) is 5.56 Å². The largest absolute Gasteiger partial charge is 0.461 e. The van der Waals surface area contributed by atoms with Crippen molar-refractivity contribution < 1.29 is 14.2 Å². The van der Waals surface area contributed by atoms with Gasteiger partial charge >= 0.3 is 6.01 Å². The lowest BCUT2D eigenvalue weighted by Crippen LogP contribution is -2.24. The second kappa shape index (κ2) is 11.0. The summed E-state index contributed by atoms with van der Waals surface area (Å²) in [5.41, 5.74) is 1.90. The number of rotatable bonds is 9. The highest BCUT2D eigenvalue weighted by molar-refractivity contribution is 6.32. The highest BCUT2D eigenvalue weighted by Crippen LogP contribution is 2.25. The molecule has 0 spiro atoms. The van der Waals surface area contributed by atoms with E-state index in [1.807, 2.05) is 24.3 Å². The lowest BCUT2D eigenvalue weighted by Gasteiger charge is -2.20. The van der Waals surface area contributed by atoms with Gasteiger partial charge in [0.05, 0.1) is 21.6 Å². The Morgan fingerprint density at radius 3 is 2.60 bits per heavy atom. The molecular formula is C27H27ClFN3O3. The van der Waals surface area contributed by atoms with E-state index >= 15 is 0 Å². The Morgan fingerprint density at radius 1 is 1.09 bits per heavy atom. The van der Waals surface area contributed by atoms with Gasteiger partial charge in [-0.1, -0.05) is 61.8 Å². The molecule has 182 valence electrons. The number of para-hydroxylation sites is 1. The molecule has 1 heterocycles. The van der Waals surface area contributed by atoms with Crippen LogP contribution < -0.4 is 10.3 Å².